The number of amides is 1. The van der Waals surface area contributed by atoms with Crippen LogP contribution in [-0.2, 0) is 19.6 Å². The summed E-state index contributed by atoms with van der Waals surface area (Å²) in [5.41, 5.74) is 1.79. The molecular weight excluding hydrogens is 372 g/mol. The van der Waals surface area contributed by atoms with E-state index in [1.807, 2.05) is 13.8 Å². The fourth-order valence-electron chi connectivity index (χ4n) is 3.70. The van der Waals surface area contributed by atoms with Crippen LogP contribution in [0.4, 0.5) is 0 Å². The minimum atomic E-state index is -3.78. The summed E-state index contributed by atoms with van der Waals surface area (Å²) in [4.78, 5) is 24.9. The predicted molar refractivity (Wildman–Crippen MR) is 97.1 cm³/mol. The van der Waals surface area contributed by atoms with Gasteiger partial charge in [-0.1, -0.05) is 0 Å². The van der Waals surface area contributed by atoms with Gasteiger partial charge in [-0.15, -0.1) is 0 Å². The van der Waals surface area contributed by atoms with Crippen LogP contribution in [0.15, 0.2) is 17.0 Å². The van der Waals surface area contributed by atoms with Gasteiger partial charge in [0.2, 0.25) is 15.9 Å². The minimum Gasteiger partial charge on any atom is -0.495 e. The highest BCUT2D eigenvalue weighted by Gasteiger charge is 2.43. The molecule has 2 aliphatic rings. The van der Waals surface area contributed by atoms with Crippen molar-refractivity contribution < 1.29 is 27.9 Å². The van der Waals surface area contributed by atoms with Crippen LogP contribution in [0, 0.1) is 19.8 Å². The molecule has 9 heteroatoms. The Morgan fingerprint density at radius 1 is 1.22 bits per heavy atom. The number of likely N-dealkylation sites (tertiary alicyclic amines) is 1. The largest absolute Gasteiger partial charge is 0.495 e. The molecule has 0 saturated carbocycles. The van der Waals surface area contributed by atoms with Crippen LogP contribution >= 0.6 is 0 Å². The molecule has 1 N–H and O–H groups in total. The number of sulfonamides is 1. The number of carbonyl (C=O) groups is 2. The number of aliphatic carboxylic acids is 1. The molecule has 0 aromatic heterocycles. The summed E-state index contributed by atoms with van der Waals surface area (Å²) in [6, 6.07) is 3.02. The van der Waals surface area contributed by atoms with Crippen LogP contribution in [0.3, 0.4) is 0 Å². The molecule has 8 nitrogen and oxygen atoms in total. The van der Waals surface area contributed by atoms with Gasteiger partial charge in [0.1, 0.15) is 10.6 Å². The minimum absolute atomic E-state index is 0.0242. The van der Waals surface area contributed by atoms with E-state index in [4.69, 9.17) is 9.84 Å². The SMILES string of the molecule is COc1cc(C)c(C)cc1S(=O)(=O)N1CCC(N2CC(C(=O)O)CC2=O)C1. The van der Waals surface area contributed by atoms with E-state index in [9.17, 15) is 18.0 Å². The molecule has 148 valence electrons. The number of rotatable bonds is 5. The van der Waals surface area contributed by atoms with E-state index >= 15 is 0 Å². The molecule has 2 saturated heterocycles. The average molecular weight is 396 g/mol. The fourth-order valence-corrected chi connectivity index (χ4v) is 5.41. The first-order valence-corrected chi connectivity index (χ1v) is 10.3. The normalized spacial score (nSPS) is 23.8. The lowest BCUT2D eigenvalue weighted by Gasteiger charge is -2.25. The number of hydrogen-bond acceptors (Lipinski definition) is 5. The monoisotopic (exact) mass is 396 g/mol. The lowest BCUT2D eigenvalue weighted by molar-refractivity contribution is -0.141. The highest BCUT2D eigenvalue weighted by Crippen LogP contribution is 2.33. The van der Waals surface area contributed by atoms with E-state index in [2.05, 4.69) is 0 Å². The Balaban J connectivity index is 1.82. The van der Waals surface area contributed by atoms with Crippen LogP contribution < -0.4 is 4.74 Å². The van der Waals surface area contributed by atoms with E-state index in [-0.39, 0.29) is 42.9 Å². The van der Waals surface area contributed by atoms with Crippen molar-refractivity contribution in [2.45, 2.75) is 37.6 Å². The molecule has 0 radical (unpaired) electrons. The van der Waals surface area contributed by atoms with Crippen LogP contribution in [-0.4, -0.2) is 67.4 Å². The smallest absolute Gasteiger partial charge is 0.308 e. The van der Waals surface area contributed by atoms with Gasteiger partial charge in [-0.2, -0.15) is 4.31 Å². The van der Waals surface area contributed by atoms with Crippen molar-refractivity contribution in [3.8, 4) is 5.75 Å². The maximum Gasteiger partial charge on any atom is 0.308 e. The van der Waals surface area contributed by atoms with Crippen molar-refractivity contribution >= 4 is 21.9 Å². The Hall–Kier alpha value is -2.13. The van der Waals surface area contributed by atoms with Crippen LogP contribution in [0.25, 0.3) is 0 Å². The molecule has 2 atom stereocenters. The molecule has 2 aliphatic heterocycles. The highest BCUT2D eigenvalue weighted by atomic mass is 32.2. The number of carboxylic acids is 1. The van der Waals surface area contributed by atoms with Gasteiger partial charge in [0.15, 0.2) is 0 Å². The Morgan fingerprint density at radius 3 is 2.48 bits per heavy atom. The maximum atomic E-state index is 13.1. The zero-order valence-corrected chi connectivity index (χ0v) is 16.5. The summed E-state index contributed by atoms with van der Waals surface area (Å²) < 4.78 is 32.9. The van der Waals surface area contributed by atoms with Gasteiger partial charge in [0.05, 0.1) is 13.0 Å². The third-order valence-corrected chi connectivity index (χ3v) is 7.36. The zero-order valence-electron chi connectivity index (χ0n) is 15.6. The van der Waals surface area contributed by atoms with Gasteiger partial charge >= 0.3 is 5.97 Å². The fraction of sp³-hybridized carbons (Fsp3) is 0.556. The van der Waals surface area contributed by atoms with E-state index in [0.29, 0.717) is 12.2 Å². The van der Waals surface area contributed by atoms with Crippen LogP contribution in [0.1, 0.15) is 24.0 Å². The lowest BCUT2D eigenvalue weighted by atomic mass is 10.1. The number of nitrogens with zero attached hydrogens (tertiary/aromatic N) is 2. The van der Waals surface area contributed by atoms with Crippen LogP contribution in [0.5, 0.6) is 5.75 Å². The number of methoxy groups -OCH3 is 1. The number of aryl methyl sites for hydroxylation is 2. The molecule has 1 amide bonds. The second-order valence-electron chi connectivity index (χ2n) is 7.18. The molecule has 2 unspecified atom stereocenters. The molecular formula is C18H24N2O6S. The maximum absolute atomic E-state index is 13.1. The van der Waals surface area contributed by atoms with Gasteiger partial charge < -0.3 is 14.7 Å². The van der Waals surface area contributed by atoms with Gasteiger partial charge in [0, 0.05) is 32.1 Å². The van der Waals surface area contributed by atoms with Gasteiger partial charge in [0.25, 0.3) is 0 Å². The van der Waals surface area contributed by atoms with Gasteiger partial charge in [-0.25, -0.2) is 8.42 Å². The molecule has 0 spiro atoms. The van der Waals surface area contributed by atoms with Crippen molar-refractivity contribution in [3.63, 3.8) is 0 Å². The summed E-state index contributed by atoms with van der Waals surface area (Å²) >= 11 is 0. The molecule has 1 aromatic rings. The molecule has 0 aliphatic carbocycles. The van der Waals surface area contributed by atoms with Gasteiger partial charge in [-0.05, 0) is 43.5 Å². The number of benzene rings is 1. The Labute approximate surface area is 158 Å². The number of hydrogen-bond donors (Lipinski definition) is 1. The summed E-state index contributed by atoms with van der Waals surface area (Å²) in [6.07, 6.45) is 0.466. The first-order valence-electron chi connectivity index (χ1n) is 8.82. The van der Waals surface area contributed by atoms with Crippen molar-refractivity contribution in [1.82, 2.24) is 9.21 Å². The van der Waals surface area contributed by atoms with E-state index in [1.54, 1.807) is 12.1 Å². The van der Waals surface area contributed by atoms with Crippen molar-refractivity contribution in [1.29, 1.82) is 0 Å². The summed E-state index contributed by atoms with van der Waals surface area (Å²) in [5.74, 6) is -1.64. The molecule has 0 bridgehead atoms. The van der Waals surface area contributed by atoms with Crippen LogP contribution in [0.2, 0.25) is 0 Å². The number of carbonyl (C=O) groups excluding carboxylic acids is 1. The third-order valence-electron chi connectivity index (χ3n) is 5.47. The van der Waals surface area contributed by atoms with E-state index in [1.165, 1.54) is 16.3 Å². The lowest BCUT2D eigenvalue weighted by Crippen LogP contribution is -2.40. The number of ether oxygens (including phenoxy) is 1. The summed E-state index contributed by atoms with van der Waals surface area (Å²) in [5, 5.41) is 9.13. The van der Waals surface area contributed by atoms with Crippen molar-refractivity contribution in [3.05, 3.63) is 23.3 Å². The Bertz CT molecular complexity index is 882. The Morgan fingerprint density at radius 2 is 1.89 bits per heavy atom. The molecule has 27 heavy (non-hydrogen) atoms. The molecule has 2 heterocycles. The van der Waals surface area contributed by atoms with Crippen molar-refractivity contribution in [2.75, 3.05) is 26.7 Å². The summed E-state index contributed by atoms with van der Waals surface area (Å²) in [6.45, 7) is 4.31. The standard InChI is InChI=1S/C18H24N2O6S/c1-11-6-15(26-3)16(7-12(11)2)27(24,25)19-5-4-14(10-19)20-9-13(18(22)23)8-17(20)21/h6-7,13-14H,4-5,8-10H2,1-3H3,(H,22,23). The molecule has 3 rings (SSSR count). The van der Waals surface area contributed by atoms with E-state index < -0.39 is 21.9 Å². The molecule has 2 fully saturated rings. The predicted octanol–water partition coefficient (Wildman–Crippen LogP) is 1.01. The zero-order chi connectivity index (χ0) is 19.9. The first-order chi connectivity index (χ1) is 12.6. The highest BCUT2D eigenvalue weighted by molar-refractivity contribution is 7.89. The van der Waals surface area contributed by atoms with Gasteiger partial charge in [-0.3, -0.25) is 9.59 Å². The van der Waals surface area contributed by atoms with Crippen molar-refractivity contribution in [2.24, 2.45) is 5.92 Å². The first kappa shape index (κ1) is 19.6. The average Bonchev–Trinajstić information content (AvgIpc) is 3.23. The second-order valence-corrected chi connectivity index (χ2v) is 9.08. The quantitative estimate of drug-likeness (QED) is 0.797. The second kappa shape index (κ2) is 7.12. The summed E-state index contributed by atoms with van der Waals surface area (Å²) in [7, 11) is -2.34. The molecule has 1 aromatic carbocycles. The Kier molecular flexibility index (Phi) is 5.18. The number of carboxylic acid groups (broad SMARTS) is 1. The topological polar surface area (TPSA) is 104 Å². The third kappa shape index (κ3) is 3.53. The van der Waals surface area contributed by atoms with E-state index in [0.717, 1.165) is 11.1 Å².